The summed E-state index contributed by atoms with van der Waals surface area (Å²) in [7, 11) is 0. The Balaban J connectivity index is 3.07. The van der Waals surface area contributed by atoms with E-state index >= 15 is 0 Å². The number of terminal acetylenes is 1. The molecule has 1 rings (SSSR count). The van der Waals surface area contributed by atoms with Crippen LogP contribution in [0.25, 0.3) is 0 Å². The molecule has 3 heteroatoms. The summed E-state index contributed by atoms with van der Waals surface area (Å²) in [6.07, 6.45) is 6.55. The van der Waals surface area contributed by atoms with Crippen molar-refractivity contribution in [1.82, 2.24) is 4.98 Å². The summed E-state index contributed by atoms with van der Waals surface area (Å²) in [4.78, 5) is 3.90. The molecule has 0 bridgehead atoms. The quantitative estimate of drug-likeness (QED) is 0.668. The van der Waals surface area contributed by atoms with Gasteiger partial charge in [-0.05, 0) is 19.1 Å². The lowest BCUT2D eigenvalue weighted by Crippen LogP contribution is -2.19. The van der Waals surface area contributed by atoms with Crippen LogP contribution in [0.5, 0.6) is 0 Å². The first-order valence-electron chi connectivity index (χ1n) is 3.38. The topological polar surface area (TPSA) is 33.1 Å². The van der Waals surface area contributed by atoms with Crippen LogP contribution in [-0.2, 0) is 5.60 Å². The average Bonchev–Trinajstić information content (AvgIpc) is 2.05. The molecule has 0 saturated heterocycles. The molecule has 2 nitrogen and oxygen atoms in total. The van der Waals surface area contributed by atoms with E-state index in [0.717, 1.165) is 0 Å². The summed E-state index contributed by atoms with van der Waals surface area (Å²) in [6.45, 7) is 1.50. The number of pyridine rings is 1. The Labute approximate surface area is 76.2 Å². The van der Waals surface area contributed by atoms with E-state index in [4.69, 9.17) is 18.0 Å². The number of aliphatic hydroxyl groups is 1. The highest BCUT2D eigenvalue weighted by atomic mass is 35.5. The molecular formula is C9H8ClNO. The van der Waals surface area contributed by atoms with E-state index in [0.29, 0.717) is 10.7 Å². The molecule has 1 heterocycles. The molecule has 0 aromatic carbocycles. The van der Waals surface area contributed by atoms with Gasteiger partial charge in [-0.3, -0.25) is 4.98 Å². The maximum atomic E-state index is 9.54. The van der Waals surface area contributed by atoms with Gasteiger partial charge in [0.1, 0.15) is 0 Å². The van der Waals surface area contributed by atoms with Gasteiger partial charge in [0.05, 0.1) is 10.7 Å². The highest BCUT2D eigenvalue weighted by Crippen LogP contribution is 2.18. The van der Waals surface area contributed by atoms with Gasteiger partial charge in [-0.25, -0.2) is 0 Å². The summed E-state index contributed by atoms with van der Waals surface area (Å²) in [6, 6.07) is 3.23. The van der Waals surface area contributed by atoms with Gasteiger partial charge < -0.3 is 5.11 Å². The molecule has 1 unspecified atom stereocenters. The van der Waals surface area contributed by atoms with Gasteiger partial charge in [-0.1, -0.05) is 17.5 Å². The van der Waals surface area contributed by atoms with Gasteiger partial charge in [-0.2, -0.15) is 0 Å². The smallest absolute Gasteiger partial charge is 0.164 e. The van der Waals surface area contributed by atoms with Gasteiger partial charge in [0.2, 0.25) is 0 Å². The lowest BCUT2D eigenvalue weighted by Gasteiger charge is -2.14. The molecule has 0 aliphatic carbocycles. The van der Waals surface area contributed by atoms with Crippen molar-refractivity contribution >= 4 is 11.6 Å². The largest absolute Gasteiger partial charge is 0.372 e. The van der Waals surface area contributed by atoms with Crippen LogP contribution in [0.4, 0.5) is 0 Å². The van der Waals surface area contributed by atoms with Crippen LogP contribution in [0, 0.1) is 12.3 Å². The lowest BCUT2D eigenvalue weighted by atomic mass is 10.0. The average molecular weight is 182 g/mol. The minimum absolute atomic E-state index is 0.425. The third-order valence-corrected chi connectivity index (χ3v) is 1.73. The summed E-state index contributed by atoms with van der Waals surface area (Å²) in [5.41, 5.74) is -0.890. The van der Waals surface area contributed by atoms with Crippen molar-refractivity contribution in [3.63, 3.8) is 0 Å². The van der Waals surface area contributed by atoms with E-state index in [1.54, 1.807) is 12.1 Å². The van der Waals surface area contributed by atoms with Gasteiger partial charge >= 0.3 is 0 Å². The first-order valence-corrected chi connectivity index (χ1v) is 3.76. The third kappa shape index (κ3) is 1.76. The van der Waals surface area contributed by atoms with Crippen molar-refractivity contribution in [1.29, 1.82) is 0 Å². The van der Waals surface area contributed by atoms with Crippen LogP contribution >= 0.6 is 11.6 Å². The molecule has 62 valence electrons. The monoisotopic (exact) mass is 181 g/mol. The number of hydrogen-bond donors (Lipinski definition) is 1. The molecule has 0 fully saturated rings. The van der Waals surface area contributed by atoms with Crippen molar-refractivity contribution in [2.24, 2.45) is 0 Å². The number of nitrogens with zero attached hydrogens (tertiary/aromatic N) is 1. The van der Waals surface area contributed by atoms with E-state index in [2.05, 4.69) is 10.9 Å². The summed E-state index contributed by atoms with van der Waals surface area (Å²) >= 11 is 5.61. The third-order valence-electron chi connectivity index (χ3n) is 1.51. The summed E-state index contributed by atoms with van der Waals surface area (Å²) in [5.74, 6) is 2.23. The van der Waals surface area contributed by atoms with E-state index < -0.39 is 5.60 Å². The molecular weight excluding hydrogens is 174 g/mol. The lowest BCUT2D eigenvalue weighted by molar-refractivity contribution is 0.117. The molecule has 1 N–H and O–H groups in total. The van der Waals surface area contributed by atoms with Crippen LogP contribution in [0.15, 0.2) is 18.3 Å². The van der Waals surface area contributed by atoms with Crippen LogP contribution in [0.2, 0.25) is 5.02 Å². The minimum atomic E-state index is -1.31. The molecule has 0 saturated carbocycles. The van der Waals surface area contributed by atoms with Gasteiger partial charge in [-0.15, -0.1) is 6.42 Å². The Morgan fingerprint density at radius 3 is 2.75 bits per heavy atom. The second-order valence-electron chi connectivity index (χ2n) is 2.58. The highest BCUT2D eigenvalue weighted by Gasteiger charge is 2.20. The zero-order valence-electron chi connectivity index (χ0n) is 6.58. The van der Waals surface area contributed by atoms with E-state index in [1.807, 2.05) is 0 Å². The summed E-state index contributed by atoms with van der Waals surface area (Å²) < 4.78 is 0. The molecule has 0 aliphatic rings. The number of hydrogen-bond acceptors (Lipinski definition) is 2. The predicted octanol–water partition coefficient (Wildman–Crippen LogP) is 1.58. The Kier molecular flexibility index (Phi) is 2.37. The molecule has 1 aromatic rings. The molecule has 0 radical (unpaired) electrons. The van der Waals surface area contributed by atoms with E-state index in [-0.39, 0.29) is 0 Å². The molecule has 0 aliphatic heterocycles. The van der Waals surface area contributed by atoms with E-state index in [9.17, 15) is 5.11 Å². The summed E-state index contributed by atoms with van der Waals surface area (Å²) in [5, 5.41) is 10.1. The van der Waals surface area contributed by atoms with Gasteiger partial charge in [0.15, 0.2) is 5.60 Å². The van der Waals surface area contributed by atoms with Crippen molar-refractivity contribution in [3.8, 4) is 12.3 Å². The van der Waals surface area contributed by atoms with Crippen LogP contribution in [0.1, 0.15) is 12.6 Å². The Morgan fingerprint density at radius 2 is 2.33 bits per heavy atom. The predicted molar refractivity (Wildman–Crippen MR) is 47.7 cm³/mol. The molecule has 0 amide bonds. The fourth-order valence-corrected chi connectivity index (χ4v) is 0.850. The minimum Gasteiger partial charge on any atom is -0.372 e. The van der Waals surface area contributed by atoms with Crippen LogP contribution < -0.4 is 0 Å². The molecule has 0 spiro atoms. The zero-order valence-corrected chi connectivity index (χ0v) is 7.34. The second-order valence-corrected chi connectivity index (χ2v) is 3.01. The Bertz CT molecular complexity index is 310. The maximum Gasteiger partial charge on any atom is 0.164 e. The normalized spacial score (nSPS) is 14.8. The number of rotatable bonds is 1. The molecule has 1 atom stereocenters. The van der Waals surface area contributed by atoms with Crippen molar-refractivity contribution < 1.29 is 5.11 Å². The Hall–Kier alpha value is -1.04. The Morgan fingerprint density at radius 1 is 1.67 bits per heavy atom. The number of aromatic nitrogens is 1. The van der Waals surface area contributed by atoms with Gasteiger partial charge in [0.25, 0.3) is 0 Å². The van der Waals surface area contributed by atoms with Crippen LogP contribution in [-0.4, -0.2) is 10.1 Å². The first kappa shape index (κ1) is 9.05. The highest BCUT2D eigenvalue weighted by molar-refractivity contribution is 6.30. The molecule has 1 aromatic heterocycles. The van der Waals surface area contributed by atoms with Crippen molar-refractivity contribution in [2.45, 2.75) is 12.5 Å². The maximum absolute atomic E-state index is 9.54. The fourth-order valence-electron chi connectivity index (χ4n) is 0.738. The van der Waals surface area contributed by atoms with E-state index in [1.165, 1.54) is 13.1 Å². The standard InChI is InChI=1S/C9H8ClNO/c1-3-9(2,12)8-5-4-7(10)6-11-8/h1,4-6,12H,2H3. The molecule has 12 heavy (non-hydrogen) atoms. The second kappa shape index (κ2) is 3.14. The fraction of sp³-hybridized carbons (Fsp3) is 0.222. The van der Waals surface area contributed by atoms with Gasteiger partial charge in [0, 0.05) is 6.20 Å². The zero-order chi connectivity index (χ0) is 9.19. The SMILES string of the molecule is C#CC(C)(O)c1ccc(Cl)cn1. The number of halogens is 1. The van der Waals surface area contributed by atoms with Crippen molar-refractivity contribution in [2.75, 3.05) is 0 Å². The first-order chi connectivity index (χ1) is 5.56. The van der Waals surface area contributed by atoms with Crippen LogP contribution in [0.3, 0.4) is 0 Å². The van der Waals surface area contributed by atoms with Crippen molar-refractivity contribution in [3.05, 3.63) is 29.0 Å².